The molecule has 1 aliphatic rings. The van der Waals surface area contributed by atoms with E-state index in [0.717, 1.165) is 41.5 Å². The quantitative estimate of drug-likeness (QED) is 0.124. The number of carboxylic acids is 1. The van der Waals surface area contributed by atoms with Crippen molar-refractivity contribution in [3.05, 3.63) is 89.2 Å². The predicted molar refractivity (Wildman–Crippen MR) is 155 cm³/mol. The number of aliphatic hydroxyl groups excluding tert-OH is 1. The maximum Gasteiger partial charge on any atom is 0.303 e. The van der Waals surface area contributed by atoms with E-state index in [0.29, 0.717) is 36.7 Å². The summed E-state index contributed by atoms with van der Waals surface area (Å²) in [4.78, 5) is 31.4. The van der Waals surface area contributed by atoms with Gasteiger partial charge in [-0.05, 0) is 35.6 Å². The van der Waals surface area contributed by atoms with Crippen molar-refractivity contribution in [2.45, 2.75) is 81.8 Å². The van der Waals surface area contributed by atoms with Gasteiger partial charge in [0.15, 0.2) is 11.4 Å². The number of benzene rings is 2. The number of aromatic nitrogens is 2. The molecule has 0 saturated carbocycles. The average molecular weight is 580 g/mol. The molecule has 2 heterocycles. The second-order valence-electron chi connectivity index (χ2n) is 10.0. The fourth-order valence-corrected chi connectivity index (χ4v) is 5.37. The molecule has 3 atom stereocenters. The van der Waals surface area contributed by atoms with Crippen molar-refractivity contribution < 1.29 is 29.3 Å². The molecular weight excluding hydrogens is 542 g/mol. The number of ether oxygens (including phenoxy) is 2. The minimum Gasteiger partial charge on any atom is -0.481 e. The van der Waals surface area contributed by atoms with E-state index in [2.05, 4.69) is 15.3 Å². The van der Waals surface area contributed by atoms with Gasteiger partial charge >= 0.3 is 5.97 Å². The molecule has 3 N–H and O–H groups in total. The largest absolute Gasteiger partial charge is 0.481 e. The molecule has 0 bridgehead atoms. The molecule has 1 fully saturated rings. The van der Waals surface area contributed by atoms with Gasteiger partial charge in [-0.3, -0.25) is 9.59 Å². The fourth-order valence-electron chi connectivity index (χ4n) is 4.55. The smallest absolute Gasteiger partial charge is 0.303 e. The zero-order chi connectivity index (χ0) is 28.9. The second-order valence-corrected chi connectivity index (χ2v) is 11.0. The highest BCUT2D eigenvalue weighted by Gasteiger charge is 2.32. The molecule has 41 heavy (non-hydrogen) atoms. The summed E-state index contributed by atoms with van der Waals surface area (Å²) in [6.45, 7) is 0.427. The standard InChI is InChI=1S/C31H37N3O6S/c35-20-23-10-12-24(13-11-23)27-18-26(21-41-31-32-16-5-17-33-31)39-30(40-27)25-14-8-22(9-15-25)19-34-28(36)6-3-1-2-4-7-29(37)38/h5,8-17,26-27,30,35H,1-4,6-7,18-21H2,(H,34,36)(H,37,38)/t26-,27+,30+/m0/s1. The number of aliphatic carboxylic acids is 1. The van der Waals surface area contributed by atoms with Crippen LogP contribution in [-0.4, -0.2) is 43.9 Å². The van der Waals surface area contributed by atoms with E-state index >= 15 is 0 Å². The molecule has 0 spiro atoms. The third kappa shape index (κ3) is 10.2. The molecule has 1 aliphatic heterocycles. The number of carbonyl (C=O) groups is 2. The third-order valence-electron chi connectivity index (χ3n) is 6.84. The van der Waals surface area contributed by atoms with Crippen LogP contribution in [-0.2, 0) is 32.2 Å². The van der Waals surface area contributed by atoms with Crippen LogP contribution in [0.5, 0.6) is 0 Å². The number of amides is 1. The molecule has 0 radical (unpaired) electrons. The lowest BCUT2D eigenvalue weighted by atomic mass is 10.0. The molecule has 4 rings (SSSR count). The number of carboxylic acid groups (broad SMARTS) is 1. The minimum absolute atomic E-state index is 0.00468. The zero-order valence-electron chi connectivity index (χ0n) is 23.0. The van der Waals surface area contributed by atoms with Crippen LogP contribution in [0.2, 0.25) is 0 Å². The van der Waals surface area contributed by atoms with E-state index < -0.39 is 12.3 Å². The Labute approximate surface area is 244 Å². The Balaban J connectivity index is 1.32. The van der Waals surface area contributed by atoms with Gasteiger partial charge in [-0.25, -0.2) is 9.97 Å². The normalized spacial score (nSPS) is 18.6. The van der Waals surface area contributed by atoms with E-state index in [4.69, 9.17) is 14.6 Å². The molecule has 1 amide bonds. The summed E-state index contributed by atoms with van der Waals surface area (Å²) in [6.07, 6.45) is 6.99. The lowest BCUT2D eigenvalue weighted by molar-refractivity contribution is -0.245. The second kappa shape index (κ2) is 16.2. The number of aliphatic hydroxyl groups is 1. The van der Waals surface area contributed by atoms with E-state index in [1.165, 1.54) is 0 Å². The van der Waals surface area contributed by atoms with Crippen LogP contribution >= 0.6 is 11.8 Å². The third-order valence-corrected chi connectivity index (χ3v) is 7.85. The first-order chi connectivity index (χ1) is 20.0. The van der Waals surface area contributed by atoms with Crippen LogP contribution in [0, 0.1) is 0 Å². The Hall–Kier alpha value is -3.31. The summed E-state index contributed by atoms with van der Waals surface area (Å²) in [5.41, 5.74) is 3.75. The van der Waals surface area contributed by atoms with Crippen molar-refractivity contribution >= 4 is 23.6 Å². The molecule has 218 valence electrons. The highest BCUT2D eigenvalue weighted by Crippen LogP contribution is 2.39. The summed E-state index contributed by atoms with van der Waals surface area (Å²) in [7, 11) is 0. The van der Waals surface area contributed by atoms with Crippen molar-refractivity contribution in [3.63, 3.8) is 0 Å². The van der Waals surface area contributed by atoms with Gasteiger partial charge in [0.2, 0.25) is 5.91 Å². The molecule has 2 aromatic carbocycles. The lowest BCUT2D eigenvalue weighted by Gasteiger charge is -2.36. The molecule has 1 saturated heterocycles. The Morgan fingerprint density at radius 1 is 0.878 bits per heavy atom. The molecular formula is C31H37N3O6S. The zero-order valence-corrected chi connectivity index (χ0v) is 23.8. The van der Waals surface area contributed by atoms with Gasteiger partial charge in [-0.1, -0.05) is 73.1 Å². The Morgan fingerprint density at radius 2 is 1.54 bits per heavy atom. The van der Waals surface area contributed by atoms with Crippen molar-refractivity contribution in [3.8, 4) is 0 Å². The highest BCUT2D eigenvalue weighted by molar-refractivity contribution is 7.99. The summed E-state index contributed by atoms with van der Waals surface area (Å²) in [5.74, 6) is -0.108. The number of unbranched alkanes of at least 4 members (excludes halogenated alkanes) is 3. The fraction of sp³-hybridized carbons (Fsp3) is 0.419. The number of nitrogens with one attached hydrogen (secondary N) is 1. The molecule has 3 aromatic rings. The van der Waals surface area contributed by atoms with Crippen LogP contribution in [0.25, 0.3) is 0 Å². The SMILES string of the molecule is O=C(O)CCCCCCC(=O)NCc1ccc([C@@H]2O[C@H](CSc3ncccn3)C[C@H](c3ccc(CO)cc3)O2)cc1. The van der Waals surface area contributed by atoms with Crippen LogP contribution in [0.1, 0.15) is 79.6 Å². The van der Waals surface area contributed by atoms with Gasteiger partial charge in [-0.2, -0.15) is 0 Å². The van der Waals surface area contributed by atoms with E-state index in [9.17, 15) is 14.7 Å². The summed E-state index contributed by atoms with van der Waals surface area (Å²) in [5, 5.41) is 21.8. The van der Waals surface area contributed by atoms with Crippen LogP contribution in [0.15, 0.2) is 72.1 Å². The van der Waals surface area contributed by atoms with Gasteiger partial charge < -0.3 is 25.0 Å². The Morgan fingerprint density at radius 3 is 2.22 bits per heavy atom. The first-order valence-electron chi connectivity index (χ1n) is 14.0. The predicted octanol–water partition coefficient (Wildman–Crippen LogP) is 5.35. The monoisotopic (exact) mass is 579 g/mol. The van der Waals surface area contributed by atoms with Gasteiger partial charge in [-0.15, -0.1) is 0 Å². The summed E-state index contributed by atoms with van der Waals surface area (Å²) >= 11 is 1.55. The topological polar surface area (TPSA) is 131 Å². The Bertz CT molecular complexity index is 1230. The molecule has 10 heteroatoms. The first-order valence-corrected chi connectivity index (χ1v) is 15.0. The maximum absolute atomic E-state index is 12.2. The van der Waals surface area contributed by atoms with Crippen molar-refractivity contribution in [2.24, 2.45) is 0 Å². The highest BCUT2D eigenvalue weighted by atomic mass is 32.2. The average Bonchev–Trinajstić information content (AvgIpc) is 3.01. The lowest BCUT2D eigenvalue weighted by Crippen LogP contribution is -2.31. The van der Waals surface area contributed by atoms with E-state index in [1.807, 2.05) is 48.5 Å². The van der Waals surface area contributed by atoms with Crippen LogP contribution in [0.4, 0.5) is 0 Å². The Kier molecular flexibility index (Phi) is 12.1. The van der Waals surface area contributed by atoms with Crippen molar-refractivity contribution in [1.82, 2.24) is 15.3 Å². The number of hydrogen-bond donors (Lipinski definition) is 3. The minimum atomic E-state index is -0.777. The summed E-state index contributed by atoms with van der Waals surface area (Å²) < 4.78 is 12.8. The number of thioether (sulfide) groups is 1. The van der Waals surface area contributed by atoms with Gasteiger partial charge in [0.05, 0.1) is 18.8 Å². The van der Waals surface area contributed by atoms with E-state index in [-0.39, 0.29) is 31.1 Å². The molecule has 9 nitrogen and oxygen atoms in total. The number of carbonyl (C=O) groups excluding carboxylic acids is 1. The summed E-state index contributed by atoms with van der Waals surface area (Å²) in [6, 6.07) is 17.5. The number of hydrogen-bond acceptors (Lipinski definition) is 8. The van der Waals surface area contributed by atoms with Gasteiger partial charge in [0.25, 0.3) is 0 Å². The number of rotatable bonds is 15. The molecule has 1 aromatic heterocycles. The first kappa shape index (κ1) is 30.6. The van der Waals surface area contributed by atoms with Crippen LogP contribution < -0.4 is 5.32 Å². The van der Waals surface area contributed by atoms with Crippen LogP contribution in [0.3, 0.4) is 0 Å². The van der Waals surface area contributed by atoms with Gasteiger partial charge in [0.1, 0.15) is 0 Å². The molecule has 0 unspecified atom stereocenters. The van der Waals surface area contributed by atoms with Crippen molar-refractivity contribution in [2.75, 3.05) is 5.75 Å². The van der Waals surface area contributed by atoms with Gasteiger partial charge in [0, 0.05) is 49.5 Å². The van der Waals surface area contributed by atoms with Crippen molar-refractivity contribution in [1.29, 1.82) is 0 Å². The number of nitrogens with zero attached hydrogens (tertiary/aromatic N) is 2. The molecule has 0 aliphatic carbocycles. The van der Waals surface area contributed by atoms with E-state index in [1.54, 1.807) is 30.2 Å². The maximum atomic E-state index is 12.2.